The van der Waals surface area contributed by atoms with Gasteiger partial charge in [-0.25, -0.2) is 0 Å². The Labute approximate surface area is 90.9 Å². The molecule has 0 spiro atoms. The molecule has 1 aromatic carbocycles. The summed E-state index contributed by atoms with van der Waals surface area (Å²) >= 11 is 0. The number of rotatable bonds is 4. The molecule has 0 aliphatic heterocycles. The number of nitro groups is 1. The SMILES string of the molecule is N=C(N)C(NC(=O)c1ccccc1)[N+](=O)[O-]. The molecule has 84 valence electrons. The number of benzene rings is 1. The van der Waals surface area contributed by atoms with Crippen molar-refractivity contribution in [1.82, 2.24) is 5.32 Å². The molecule has 0 aromatic heterocycles. The van der Waals surface area contributed by atoms with Gasteiger partial charge in [-0.2, -0.15) is 0 Å². The Morgan fingerprint density at radius 2 is 2.00 bits per heavy atom. The quantitative estimate of drug-likeness (QED) is 0.217. The van der Waals surface area contributed by atoms with Gasteiger partial charge >= 0.3 is 6.17 Å². The van der Waals surface area contributed by atoms with Crippen LogP contribution in [0.15, 0.2) is 30.3 Å². The molecule has 1 aromatic rings. The summed E-state index contributed by atoms with van der Waals surface area (Å²) in [4.78, 5) is 21.1. The Hall–Kier alpha value is -2.44. The highest BCUT2D eigenvalue weighted by Gasteiger charge is 2.26. The number of hydrogen-bond donors (Lipinski definition) is 3. The van der Waals surface area contributed by atoms with Gasteiger partial charge in [-0.05, 0) is 12.1 Å². The number of nitrogens with zero attached hydrogens (tertiary/aromatic N) is 1. The molecule has 7 nitrogen and oxygen atoms in total. The molecule has 1 amide bonds. The third-order valence-corrected chi connectivity index (χ3v) is 1.81. The highest BCUT2D eigenvalue weighted by Crippen LogP contribution is 1.99. The molecule has 16 heavy (non-hydrogen) atoms. The second kappa shape index (κ2) is 4.87. The normalized spacial score (nSPS) is 11.5. The van der Waals surface area contributed by atoms with E-state index < -0.39 is 22.8 Å². The summed E-state index contributed by atoms with van der Waals surface area (Å²) in [6.07, 6.45) is -1.69. The summed E-state index contributed by atoms with van der Waals surface area (Å²) < 4.78 is 0. The van der Waals surface area contributed by atoms with Gasteiger partial charge < -0.3 is 5.73 Å². The predicted octanol–water partition coefficient (Wildman–Crippen LogP) is -0.0448. The molecule has 0 aliphatic carbocycles. The molecular weight excluding hydrogens is 212 g/mol. The molecule has 0 radical (unpaired) electrons. The van der Waals surface area contributed by atoms with Crippen molar-refractivity contribution in [2.75, 3.05) is 0 Å². The van der Waals surface area contributed by atoms with Crippen LogP contribution in [0.2, 0.25) is 0 Å². The van der Waals surface area contributed by atoms with Gasteiger partial charge in [0.1, 0.15) is 0 Å². The monoisotopic (exact) mass is 222 g/mol. The zero-order valence-corrected chi connectivity index (χ0v) is 8.21. The van der Waals surface area contributed by atoms with Crippen LogP contribution in [-0.4, -0.2) is 22.8 Å². The van der Waals surface area contributed by atoms with Gasteiger partial charge in [-0.15, -0.1) is 0 Å². The van der Waals surface area contributed by atoms with Gasteiger partial charge in [-0.1, -0.05) is 18.2 Å². The van der Waals surface area contributed by atoms with Crippen LogP contribution in [0.25, 0.3) is 0 Å². The van der Waals surface area contributed by atoms with Crippen molar-refractivity contribution < 1.29 is 9.72 Å². The number of carbonyl (C=O) groups excluding carboxylic acids is 1. The lowest BCUT2D eigenvalue weighted by Gasteiger charge is -2.09. The summed E-state index contributed by atoms with van der Waals surface area (Å²) in [5.74, 6) is -1.35. The van der Waals surface area contributed by atoms with Crippen LogP contribution in [0, 0.1) is 15.5 Å². The van der Waals surface area contributed by atoms with Crippen LogP contribution >= 0.6 is 0 Å². The number of amidine groups is 1. The third kappa shape index (κ3) is 2.77. The summed E-state index contributed by atoms with van der Waals surface area (Å²) in [7, 11) is 0. The first-order valence-corrected chi connectivity index (χ1v) is 4.35. The highest BCUT2D eigenvalue weighted by atomic mass is 16.6. The fourth-order valence-corrected chi connectivity index (χ4v) is 1.04. The first-order chi connectivity index (χ1) is 7.52. The maximum atomic E-state index is 11.5. The van der Waals surface area contributed by atoms with Crippen LogP contribution in [0.3, 0.4) is 0 Å². The minimum absolute atomic E-state index is 0.274. The molecule has 0 aliphatic rings. The summed E-state index contributed by atoms with van der Waals surface area (Å²) in [6, 6.07) is 7.99. The van der Waals surface area contributed by atoms with Crippen LogP contribution in [0.1, 0.15) is 10.4 Å². The maximum absolute atomic E-state index is 11.5. The van der Waals surface area contributed by atoms with E-state index in [4.69, 9.17) is 11.1 Å². The fourth-order valence-electron chi connectivity index (χ4n) is 1.04. The van der Waals surface area contributed by atoms with E-state index in [2.05, 4.69) is 0 Å². The van der Waals surface area contributed by atoms with E-state index in [1.165, 1.54) is 12.1 Å². The molecule has 7 heteroatoms. The smallest absolute Gasteiger partial charge is 0.343 e. The molecule has 0 saturated carbocycles. The standard InChI is InChI=1S/C9H10N4O3/c10-7(11)8(13(15)16)12-9(14)6-4-2-1-3-5-6/h1-5,8H,(H3,10,11)(H,12,14). The van der Waals surface area contributed by atoms with E-state index >= 15 is 0 Å². The largest absolute Gasteiger partial charge is 0.380 e. The van der Waals surface area contributed by atoms with Crippen molar-refractivity contribution >= 4 is 11.7 Å². The lowest BCUT2D eigenvalue weighted by molar-refractivity contribution is -0.507. The molecule has 0 fully saturated rings. The lowest BCUT2D eigenvalue weighted by atomic mass is 10.2. The Bertz CT molecular complexity index is 404. The van der Waals surface area contributed by atoms with Crippen molar-refractivity contribution in [2.45, 2.75) is 6.17 Å². The van der Waals surface area contributed by atoms with Crippen LogP contribution in [0.4, 0.5) is 0 Å². The molecule has 0 saturated heterocycles. The van der Waals surface area contributed by atoms with E-state index in [0.717, 1.165) is 0 Å². The van der Waals surface area contributed by atoms with Gasteiger partial charge in [0.25, 0.3) is 5.91 Å². The average Bonchev–Trinajstić information content (AvgIpc) is 2.25. The Kier molecular flexibility index (Phi) is 3.54. The molecule has 1 rings (SSSR count). The second-order valence-electron chi connectivity index (χ2n) is 2.98. The molecule has 1 unspecified atom stereocenters. The topological polar surface area (TPSA) is 122 Å². The van der Waals surface area contributed by atoms with Crippen molar-refractivity contribution in [3.05, 3.63) is 46.0 Å². The van der Waals surface area contributed by atoms with Gasteiger partial charge in [-0.3, -0.25) is 25.6 Å². The lowest BCUT2D eigenvalue weighted by Crippen LogP contribution is -2.49. The van der Waals surface area contributed by atoms with Crippen LogP contribution < -0.4 is 11.1 Å². The zero-order chi connectivity index (χ0) is 12.1. The van der Waals surface area contributed by atoms with Crippen molar-refractivity contribution in [3.8, 4) is 0 Å². The van der Waals surface area contributed by atoms with E-state index in [-0.39, 0.29) is 5.56 Å². The molecule has 4 N–H and O–H groups in total. The summed E-state index contributed by atoms with van der Waals surface area (Å²) in [6.45, 7) is 0. The van der Waals surface area contributed by atoms with E-state index in [1.54, 1.807) is 18.2 Å². The zero-order valence-electron chi connectivity index (χ0n) is 8.21. The highest BCUT2D eigenvalue weighted by molar-refractivity contribution is 5.97. The summed E-state index contributed by atoms with van der Waals surface area (Å²) in [5, 5.41) is 19.5. The van der Waals surface area contributed by atoms with Crippen molar-refractivity contribution in [2.24, 2.45) is 5.73 Å². The van der Waals surface area contributed by atoms with Gasteiger partial charge in [0, 0.05) is 5.56 Å². The first kappa shape index (κ1) is 11.6. The number of amides is 1. The Balaban J connectivity index is 2.77. The predicted molar refractivity (Wildman–Crippen MR) is 56.6 cm³/mol. The average molecular weight is 222 g/mol. The van der Waals surface area contributed by atoms with E-state index in [0.29, 0.717) is 0 Å². The number of nitrogens with two attached hydrogens (primary N) is 1. The number of hydrogen-bond acceptors (Lipinski definition) is 4. The van der Waals surface area contributed by atoms with E-state index in [9.17, 15) is 14.9 Å². The molecular formula is C9H10N4O3. The van der Waals surface area contributed by atoms with E-state index in [1.807, 2.05) is 5.32 Å². The Morgan fingerprint density at radius 3 is 2.44 bits per heavy atom. The molecule has 0 heterocycles. The second-order valence-corrected chi connectivity index (χ2v) is 2.98. The Morgan fingerprint density at radius 1 is 1.44 bits per heavy atom. The molecule has 0 bridgehead atoms. The third-order valence-electron chi connectivity index (χ3n) is 1.81. The number of carbonyl (C=O) groups is 1. The minimum Gasteiger partial charge on any atom is -0.380 e. The molecule has 1 atom stereocenters. The number of nitrogens with one attached hydrogen (secondary N) is 2. The van der Waals surface area contributed by atoms with Crippen LogP contribution in [-0.2, 0) is 0 Å². The fraction of sp³-hybridized carbons (Fsp3) is 0.111. The maximum Gasteiger partial charge on any atom is 0.343 e. The summed E-state index contributed by atoms with van der Waals surface area (Å²) in [5.41, 5.74) is 5.26. The van der Waals surface area contributed by atoms with Crippen molar-refractivity contribution in [3.63, 3.8) is 0 Å². The minimum atomic E-state index is -1.69. The van der Waals surface area contributed by atoms with Gasteiger partial charge in [0.05, 0.1) is 4.92 Å². The van der Waals surface area contributed by atoms with Gasteiger partial charge in [0.15, 0.2) is 5.84 Å². The van der Waals surface area contributed by atoms with Gasteiger partial charge in [0.2, 0.25) is 0 Å². The first-order valence-electron chi connectivity index (χ1n) is 4.35. The van der Waals surface area contributed by atoms with Crippen molar-refractivity contribution in [1.29, 1.82) is 5.41 Å². The van der Waals surface area contributed by atoms with Crippen LogP contribution in [0.5, 0.6) is 0 Å².